The molecule has 1 heterocycles. The molecule has 1 aromatic heterocycles. The van der Waals surface area contributed by atoms with Crippen molar-refractivity contribution in [2.45, 2.75) is 26.3 Å². The third-order valence-electron chi connectivity index (χ3n) is 3.85. The number of amides is 2. The Morgan fingerprint density at radius 2 is 1.69 bits per heavy atom. The first kappa shape index (κ1) is 19.2. The van der Waals surface area contributed by atoms with Crippen molar-refractivity contribution in [1.29, 1.82) is 0 Å². The normalized spacial score (nSPS) is 11.4. The van der Waals surface area contributed by atoms with E-state index in [1.54, 1.807) is 36.4 Å². The quantitative estimate of drug-likeness (QED) is 0.795. The van der Waals surface area contributed by atoms with E-state index >= 15 is 0 Å². The summed E-state index contributed by atoms with van der Waals surface area (Å²) in [5.74, 6) is 0.336. The van der Waals surface area contributed by atoms with Crippen LogP contribution in [0.3, 0.4) is 0 Å². The van der Waals surface area contributed by atoms with Gasteiger partial charge < -0.3 is 20.1 Å². The number of carbonyl (C=O) groups excluding carboxylic acids is 2. The third-order valence-corrected chi connectivity index (χ3v) is 3.85. The fraction of sp³-hybridized carbons (Fsp3) is 0.316. The summed E-state index contributed by atoms with van der Waals surface area (Å²) >= 11 is 0. The summed E-state index contributed by atoms with van der Waals surface area (Å²) < 4.78 is 10.4. The molecule has 0 aliphatic rings. The van der Waals surface area contributed by atoms with Gasteiger partial charge in [0.1, 0.15) is 11.4 Å². The Morgan fingerprint density at radius 3 is 2.31 bits per heavy atom. The topological polar surface area (TPSA) is 89.6 Å². The Labute approximate surface area is 152 Å². The first-order chi connectivity index (χ1) is 12.5. The number of benzene rings is 1. The zero-order valence-corrected chi connectivity index (χ0v) is 15.3. The Hall–Kier alpha value is -3.09. The van der Waals surface area contributed by atoms with E-state index in [-0.39, 0.29) is 23.3 Å². The number of aromatic nitrogens is 1. The number of hydrogen-bond donors (Lipinski definition) is 2. The maximum absolute atomic E-state index is 12.4. The van der Waals surface area contributed by atoms with Crippen molar-refractivity contribution in [3.05, 3.63) is 47.8 Å². The number of nitrogens with one attached hydrogen (secondary N) is 2. The highest BCUT2D eigenvalue weighted by atomic mass is 16.5. The smallest absolute Gasteiger partial charge is 0.274 e. The van der Waals surface area contributed by atoms with Crippen LogP contribution in [0.4, 0.5) is 5.69 Å². The zero-order chi connectivity index (χ0) is 19.1. The Morgan fingerprint density at radius 1 is 1.04 bits per heavy atom. The van der Waals surface area contributed by atoms with Gasteiger partial charge in [0.05, 0.1) is 14.2 Å². The number of carbonyl (C=O) groups is 2. The van der Waals surface area contributed by atoms with Gasteiger partial charge in [-0.3, -0.25) is 9.59 Å². The number of ether oxygens (including phenoxy) is 2. The van der Waals surface area contributed by atoms with Gasteiger partial charge in [-0.05, 0) is 37.6 Å². The van der Waals surface area contributed by atoms with Gasteiger partial charge in [-0.25, -0.2) is 4.98 Å². The standard InChI is InChI=1S/C19H23N3O4/c1-5-12(2)20-18(23)14-7-6-8-15(22-14)19(24)21-13-9-10-16(25-3)17(11-13)26-4/h6-12H,5H2,1-4H3,(H,20,23)(H,21,24). The van der Waals surface area contributed by atoms with Crippen LogP contribution in [0.15, 0.2) is 36.4 Å². The molecule has 0 saturated heterocycles. The summed E-state index contributed by atoms with van der Waals surface area (Å²) in [6.45, 7) is 3.89. The predicted octanol–water partition coefficient (Wildman–Crippen LogP) is 2.88. The Bertz CT molecular complexity index is 792. The number of rotatable bonds is 7. The summed E-state index contributed by atoms with van der Waals surface area (Å²) in [4.78, 5) is 28.8. The van der Waals surface area contributed by atoms with Gasteiger partial charge in [0, 0.05) is 17.8 Å². The van der Waals surface area contributed by atoms with Crippen LogP contribution >= 0.6 is 0 Å². The molecule has 1 unspecified atom stereocenters. The van der Waals surface area contributed by atoms with Crippen LogP contribution in [0, 0.1) is 0 Å². The molecule has 2 rings (SSSR count). The highest BCUT2D eigenvalue weighted by Crippen LogP contribution is 2.29. The first-order valence-corrected chi connectivity index (χ1v) is 8.29. The predicted molar refractivity (Wildman–Crippen MR) is 99.0 cm³/mol. The number of nitrogens with zero attached hydrogens (tertiary/aromatic N) is 1. The number of pyridine rings is 1. The molecule has 0 aliphatic carbocycles. The van der Waals surface area contributed by atoms with Crippen molar-refractivity contribution in [2.24, 2.45) is 0 Å². The minimum atomic E-state index is -0.421. The van der Waals surface area contributed by atoms with E-state index in [9.17, 15) is 9.59 Å². The van der Waals surface area contributed by atoms with Crippen LogP contribution in [0.5, 0.6) is 11.5 Å². The van der Waals surface area contributed by atoms with Gasteiger partial charge in [0.25, 0.3) is 11.8 Å². The van der Waals surface area contributed by atoms with Gasteiger partial charge in [0.15, 0.2) is 11.5 Å². The first-order valence-electron chi connectivity index (χ1n) is 8.29. The van der Waals surface area contributed by atoms with E-state index in [1.807, 2.05) is 13.8 Å². The monoisotopic (exact) mass is 357 g/mol. The van der Waals surface area contributed by atoms with Crippen LogP contribution in [0.1, 0.15) is 41.2 Å². The molecule has 7 nitrogen and oxygen atoms in total. The van der Waals surface area contributed by atoms with Gasteiger partial charge in [-0.2, -0.15) is 0 Å². The highest BCUT2D eigenvalue weighted by molar-refractivity contribution is 6.04. The fourth-order valence-corrected chi connectivity index (χ4v) is 2.20. The average Bonchev–Trinajstić information content (AvgIpc) is 2.67. The van der Waals surface area contributed by atoms with Crippen molar-refractivity contribution >= 4 is 17.5 Å². The minimum absolute atomic E-state index is 0.0357. The van der Waals surface area contributed by atoms with Crippen molar-refractivity contribution in [1.82, 2.24) is 10.3 Å². The SMILES string of the molecule is CCC(C)NC(=O)c1cccc(C(=O)Nc2ccc(OC)c(OC)c2)n1. The van der Waals surface area contributed by atoms with Gasteiger partial charge in [0.2, 0.25) is 0 Å². The molecule has 2 aromatic rings. The van der Waals surface area contributed by atoms with E-state index in [4.69, 9.17) is 9.47 Å². The Kier molecular flexibility index (Phi) is 6.54. The third kappa shape index (κ3) is 4.72. The molecule has 0 radical (unpaired) electrons. The lowest BCUT2D eigenvalue weighted by Crippen LogP contribution is -2.32. The Balaban J connectivity index is 2.15. The minimum Gasteiger partial charge on any atom is -0.493 e. The van der Waals surface area contributed by atoms with Crippen LogP contribution in [0.25, 0.3) is 0 Å². The second kappa shape index (κ2) is 8.84. The van der Waals surface area contributed by atoms with Crippen molar-refractivity contribution in [2.75, 3.05) is 19.5 Å². The van der Waals surface area contributed by atoms with Crippen molar-refractivity contribution in [3.63, 3.8) is 0 Å². The number of hydrogen-bond acceptors (Lipinski definition) is 5. The molecule has 1 aromatic carbocycles. The molecule has 0 spiro atoms. The van der Waals surface area contributed by atoms with Crippen LogP contribution in [0.2, 0.25) is 0 Å². The number of anilines is 1. The molecule has 1 atom stereocenters. The van der Waals surface area contributed by atoms with Crippen LogP contribution in [-0.4, -0.2) is 37.1 Å². The summed E-state index contributed by atoms with van der Waals surface area (Å²) in [5.41, 5.74) is 0.880. The largest absolute Gasteiger partial charge is 0.493 e. The fourth-order valence-electron chi connectivity index (χ4n) is 2.20. The average molecular weight is 357 g/mol. The molecule has 2 amide bonds. The second-order valence-corrected chi connectivity index (χ2v) is 5.71. The van der Waals surface area contributed by atoms with E-state index in [1.165, 1.54) is 14.2 Å². The lowest BCUT2D eigenvalue weighted by Gasteiger charge is -2.12. The van der Waals surface area contributed by atoms with Crippen LogP contribution < -0.4 is 20.1 Å². The molecular weight excluding hydrogens is 334 g/mol. The second-order valence-electron chi connectivity index (χ2n) is 5.71. The van der Waals surface area contributed by atoms with E-state index in [0.29, 0.717) is 17.2 Å². The summed E-state index contributed by atoms with van der Waals surface area (Å²) in [6, 6.07) is 9.82. The molecule has 0 saturated carbocycles. The zero-order valence-electron chi connectivity index (χ0n) is 15.3. The molecule has 0 fully saturated rings. The van der Waals surface area contributed by atoms with Gasteiger partial charge >= 0.3 is 0 Å². The molecule has 0 aliphatic heterocycles. The van der Waals surface area contributed by atoms with Gasteiger partial charge in [-0.1, -0.05) is 13.0 Å². The molecule has 2 N–H and O–H groups in total. The maximum atomic E-state index is 12.4. The van der Waals surface area contributed by atoms with E-state index in [0.717, 1.165) is 6.42 Å². The summed E-state index contributed by atoms with van der Waals surface area (Å²) in [5, 5.41) is 5.56. The molecule has 7 heteroatoms. The molecule has 0 bridgehead atoms. The summed E-state index contributed by atoms with van der Waals surface area (Å²) in [7, 11) is 3.06. The van der Waals surface area contributed by atoms with Crippen molar-refractivity contribution in [3.8, 4) is 11.5 Å². The summed E-state index contributed by atoms with van der Waals surface area (Å²) in [6.07, 6.45) is 0.811. The molecular formula is C19H23N3O4. The molecule has 138 valence electrons. The maximum Gasteiger partial charge on any atom is 0.274 e. The lowest BCUT2D eigenvalue weighted by molar-refractivity contribution is 0.0934. The number of methoxy groups -OCH3 is 2. The van der Waals surface area contributed by atoms with E-state index < -0.39 is 5.91 Å². The van der Waals surface area contributed by atoms with Gasteiger partial charge in [-0.15, -0.1) is 0 Å². The van der Waals surface area contributed by atoms with Crippen LogP contribution in [-0.2, 0) is 0 Å². The highest BCUT2D eigenvalue weighted by Gasteiger charge is 2.14. The van der Waals surface area contributed by atoms with E-state index in [2.05, 4.69) is 15.6 Å². The lowest BCUT2D eigenvalue weighted by atomic mass is 10.2. The molecule has 26 heavy (non-hydrogen) atoms. The van der Waals surface area contributed by atoms with Crippen molar-refractivity contribution < 1.29 is 19.1 Å².